The second-order valence-electron chi connectivity index (χ2n) is 8.20. The van der Waals surface area contributed by atoms with Gasteiger partial charge in [-0.1, -0.05) is 18.2 Å². The smallest absolute Gasteiger partial charge is 0.236 e. The minimum atomic E-state index is 0.295. The van der Waals surface area contributed by atoms with Crippen LogP contribution in [0.5, 0.6) is 5.75 Å². The number of aromatic nitrogens is 1. The van der Waals surface area contributed by atoms with Crippen molar-refractivity contribution in [3.8, 4) is 17.0 Å². The molecule has 5 nitrogen and oxygen atoms in total. The van der Waals surface area contributed by atoms with E-state index in [9.17, 15) is 4.79 Å². The van der Waals surface area contributed by atoms with Gasteiger partial charge in [0.1, 0.15) is 5.75 Å². The maximum Gasteiger partial charge on any atom is 0.236 e. The van der Waals surface area contributed by atoms with Gasteiger partial charge in [0.05, 0.1) is 19.3 Å². The highest BCUT2D eigenvalue weighted by Gasteiger charge is 2.26. The Labute approximate surface area is 173 Å². The van der Waals surface area contributed by atoms with E-state index in [2.05, 4.69) is 34.1 Å². The molecule has 0 bridgehead atoms. The van der Waals surface area contributed by atoms with E-state index in [0.29, 0.717) is 18.4 Å². The summed E-state index contributed by atoms with van der Waals surface area (Å²) in [5, 5.41) is 0. The molecule has 2 saturated heterocycles. The van der Waals surface area contributed by atoms with Gasteiger partial charge in [0.15, 0.2) is 0 Å². The summed E-state index contributed by atoms with van der Waals surface area (Å²) in [6.07, 6.45) is 5.79. The zero-order valence-corrected chi connectivity index (χ0v) is 17.3. The minimum absolute atomic E-state index is 0.295. The molecule has 1 aromatic carbocycles. The standard InChI is InChI=1S/C24H31N3O2/c1-29-21-10-5-8-19(16-21)22-11-6-12-23(25-22)20-9-7-13-26(17-20)18-24(28)27-14-3-2-4-15-27/h5-6,8,10-12,16,20H,2-4,7,9,13-15,17-18H2,1H3. The highest BCUT2D eigenvalue weighted by molar-refractivity contribution is 5.78. The number of hydrogen-bond donors (Lipinski definition) is 0. The topological polar surface area (TPSA) is 45.7 Å². The number of nitrogens with zero attached hydrogens (tertiary/aromatic N) is 3. The van der Waals surface area contributed by atoms with Crippen LogP contribution in [-0.4, -0.2) is 60.5 Å². The van der Waals surface area contributed by atoms with E-state index in [4.69, 9.17) is 9.72 Å². The molecule has 154 valence electrons. The Bertz CT molecular complexity index is 832. The van der Waals surface area contributed by atoms with Crippen molar-refractivity contribution in [2.24, 2.45) is 0 Å². The van der Waals surface area contributed by atoms with E-state index in [1.165, 1.54) is 6.42 Å². The van der Waals surface area contributed by atoms with Crippen LogP contribution < -0.4 is 4.74 Å². The number of amides is 1. The van der Waals surface area contributed by atoms with E-state index < -0.39 is 0 Å². The molecule has 0 spiro atoms. The van der Waals surface area contributed by atoms with Crippen LogP contribution in [0.25, 0.3) is 11.3 Å². The highest BCUT2D eigenvalue weighted by Crippen LogP contribution is 2.28. The lowest BCUT2D eigenvalue weighted by Gasteiger charge is -2.34. The normalized spacial score (nSPS) is 20.4. The minimum Gasteiger partial charge on any atom is -0.497 e. The predicted octanol–water partition coefficient (Wildman–Crippen LogP) is 3.95. The Hall–Kier alpha value is -2.40. The molecule has 1 atom stereocenters. The lowest BCUT2D eigenvalue weighted by atomic mass is 9.93. The molecular weight excluding hydrogens is 362 g/mol. The first kappa shape index (κ1) is 19.9. The van der Waals surface area contributed by atoms with Crippen LogP contribution >= 0.6 is 0 Å². The first-order valence-electron chi connectivity index (χ1n) is 10.8. The van der Waals surface area contributed by atoms with Crippen molar-refractivity contribution in [3.63, 3.8) is 0 Å². The fraction of sp³-hybridized carbons (Fsp3) is 0.500. The number of pyridine rings is 1. The van der Waals surface area contributed by atoms with E-state index in [1.54, 1.807) is 7.11 Å². The molecule has 0 aliphatic carbocycles. The fourth-order valence-electron chi connectivity index (χ4n) is 4.50. The molecule has 0 saturated carbocycles. The van der Waals surface area contributed by atoms with E-state index in [0.717, 1.165) is 74.6 Å². The van der Waals surface area contributed by atoms with Gasteiger partial charge in [0.2, 0.25) is 5.91 Å². The lowest BCUT2D eigenvalue weighted by Crippen LogP contribution is -2.45. The average Bonchev–Trinajstić information content (AvgIpc) is 2.80. The third-order valence-corrected chi connectivity index (χ3v) is 6.13. The average molecular weight is 394 g/mol. The highest BCUT2D eigenvalue weighted by atomic mass is 16.5. The van der Waals surface area contributed by atoms with Crippen molar-refractivity contribution in [1.82, 2.24) is 14.8 Å². The maximum absolute atomic E-state index is 12.7. The van der Waals surface area contributed by atoms with Crippen LogP contribution in [0.15, 0.2) is 42.5 Å². The Morgan fingerprint density at radius 1 is 1.07 bits per heavy atom. The van der Waals surface area contributed by atoms with Crippen molar-refractivity contribution in [2.75, 3.05) is 39.8 Å². The van der Waals surface area contributed by atoms with Gasteiger partial charge in [-0.2, -0.15) is 0 Å². The molecule has 1 amide bonds. The SMILES string of the molecule is COc1cccc(-c2cccc(C3CCCN(CC(=O)N4CCCCC4)C3)n2)c1. The van der Waals surface area contributed by atoms with E-state index in [-0.39, 0.29) is 0 Å². The molecule has 5 heteroatoms. The third-order valence-electron chi connectivity index (χ3n) is 6.13. The number of ether oxygens (including phenoxy) is 1. The van der Waals surface area contributed by atoms with Crippen molar-refractivity contribution >= 4 is 5.91 Å². The van der Waals surface area contributed by atoms with Crippen molar-refractivity contribution in [3.05, 3.63) is 48.2 Å². The summed E-state index contributed by atoms with van der Waals surface area (Å²) < 4.78 is 5.35. The summed E-state index contributed by atoms with van der Waals surface area (Å²) in [6, 6.07) is 14.3. The van der Waals surface area contributed by atoms with Gasteiger partial charge in [0, 0.05) is 36.8 Å². The Morgan fingerprint density at radius 2 is 1.90 bits per heavy atom. The molecule has 2 aliphatic rings. The lowest BCUT2D eigenvalue weighted by molar-refractivity contribution is -0.133. The monoisotopic (exact) mass is 393 g/mol. The van der Waals surface area contributed by atoms with Crippen LogP contribution in [0.1, 0.15) is 43.7 Å². The first-order chi connectivity index (χ1) is 14.2. The van der Waals surface area contributed by atoms with Crippen molar-refractivity contribution in [1.29, 1.82) is 0 Å². The molecule has 1 unspecified atom stereocenters. The first-order valence-corrected chi connectivity index (χ1v) is 10.8. The van der Waals surface area contributed by atoms with Gasteiger partial charge in [-0.25, -0.2) is 0 Å². The van der Waals surface area contributed by atoms with E-state index in [1.807, 2.05) is 18.2 Å². The zero-order valence-electron chi connectivity index (χ0n) is 17.3. The zero-order chi connectivity index (χ0) is 20.1. The summed E-state index contributed by atoms with van der Waals surface area (Å²) in [7, 11) is 1.69. The quantitative estimate of drug-likeness (QED) is 0.772. The number of likely N-dealkylation sites (tertiary alicyclic amines) is 2. The van der Waals surface area contributed by atoms with Crippen molar-refractivity contribution < 1.29 is 9.53 Å². The number of rotatable bonds is 5. The number of carbonyl (C=O) groups excluding carboxylic acids is 1. The van der Waals surface area contributed by atoms with Gasteiger partial charge in [-0.3, -0.25) is 14.7 Å². The summed E-state index contributed by atoms with van der Waals surface area (Å²) in [4.78, 5) is 22.0. The van der Waals surface area contributed by atoms with Crippen molar-refractivity contribution in [2.45, 2.75) is 38.0 Å². The summed E-state index contributed by atoms with van der Waals surface area (Å²) in [5.41, 5.74) is 3.17. The summed E-state index contributed by atoms with van der Waals surface area (Å²) >= 11 is 0. The molecule has 4 rings (SSSR count). The van der Waals surface area contributed by atoms with Crippen LogP contribution in [0.3, 0.4) is 0 Å². The fourth-order valence-corrected chi connectivity index (χ4v) is 4.50. The number of hydrogen-bond acceptors (Lipinski definition) is 4. The number of carbonyl (C=O) groups is 1. The van der Waals surface area contributed by atoms with E-state index >= 15 is 0 Å². The van der Waals surface area contributed by atoms with Crippen LogP contribution in [0, 0.1) is 0 Å². The number of benzene rings is 1. The molecule has 0 radical (unpaired) electrons. The molecule has 2 fully saturated rings. The molecule has 3 heterocycles. The van der Waals surface area contributed by atoms with Gasteiger partial charge in [0.25, 0.3) is 0 Å². The van der Waals surface area contributed by atoms with Gasteiger partial charge in [-0.15, -0.1) is 0 Å². The second kappa shape index (κ2) is 9.40. The Balaban J connectivity index is 1.43. The molecule has 29 heavy (non-hydrogen) atoms. The summed E-state index contributed by atoms with van der Waals surface area (Å²) in [6.45, 7) is 4.33. The third kappa shape index (κ3) is 4.96. The van der Waals surface area contributed by atoms with Gasteiger partial charge in [-0.05, 0) is 62.9 Å². The summed E-state index contributed by atoms with van der Waals surface area (Å²) in [5.74, 6) is 1.52. The molecule has 0 N–H and O–H groups in total. The number of methoxy groups -OCH3 is 1. The van der Waals surface area contributed by atoms with Gasteiger partial charge < -0.3 is 9.64 Å². The second-order valence-corrected chi connectivity index (χ2v) is 8.20. The molecular formula is C24H31N3O2. The van der Waals surface area contributed by atoms with Crippen LogP contribution in [0.4, 0.5) is 0 Å². The Morgan fingerprint density at radius 3 is 2.72 bits per heavy atom. The number of piperidine rings is 2. The molecule has 2 aromatic rings. The largest absolute Gasteiger partial charge is 0.497 e. The maximum atomic E-state index is 12.7. The Kier molecular flexibility index (Phi) is 6.45. The molecule has 1 aromatic heterocycles. The van der Waals surface area contributed by atoms with Crippen LogP contribution in [0.2, 0.25) is 0 Å². The van der Waals surface area contributed by atoms with Gasteiger partial charge >= 0.3 is 0 Å². The predicted molar refractivity (Wildman–Crippen MR) is 115 cm³/mol. The molecule has 2 aliphatic heterocycles. The van der Waals surface area contributed by atoms with Crippen LogP contribution in [-0.2, 0) is 4.79 Å².